The minimum Gasteiger partial charge on any atom is -0.508 e. The van der Waals surface area contributed by atoms with Crippen molar-refractivity contribution >= 4 is 5.69 Å². The Balaban J connectivity index is 3.27. The third kappa shape index (κ3) is 1.30. The molecule has 0 saturated carbocycles. The highest BCUT2D eigenvalue weighted by atomic mass is 19.1. The summed E-state index contributed by atoms with van der Waals surface area (Å²) in [6.45, 7) is 6.63. The lowest BCUT2D eigenvalue weighted by Crippen LogP contribution is -1.84. The molecule has 0 saturated heterocycles. The maximum atomic E-state index is 12.7. The monoisotopic (exact) mass is 151 g/mol. The summed E-state index contributed by atoms with van der Waals surface area (Å²) < 4.78 is 17.5. The first-order chi connectivity index (χ1) is 5.29. The summed E-state index contributed by atoms with van der Waals surface area (Å²) in [5.41, 5.74) is -0.0602. The maximum absolute atomic E-state index is 12.7. The summed E-state index contributed by atoms with van der Waals surface area (Å²) in [4.78, 5) is 2.99. The lowest BCUT2D eigenvalue weighted by Gasteiger charge is -2.01. The second kappa shape index (κ2) is 3.02. The Morgan fingerprint density at radius 3 is 2.73 bits per heavy atom. The standard InChI is InChI=1S/C8H6FNO/c1-10-8-6(9)4-3-5-7(8)11-2/h3-5H,2H3. The Kier molecular flexibility index (Phi) is 2.07. The van der Waals surface area contributed by atoms with Crippen LogP contribution in [0.5, 0.6) is 5.75 Å². The van der Waals surface area contributed by atoms with E-state index in [-0.39, 0.29) is 11.4 Å². The molecular formula is C8H6FNO. The van der Waals surface area contributed by atoms with Crippen LogP contribution in [0.1, 0.15) is 0 Å². The van der Waals surface area contributed by atoms with Gasteiger partial charge in [0.15, 0.2) is 0 Å². The van der Waals surface area contributed by atoms with Crippen molar-refractivity contribution in [1.29, 1.82) is 0 Å². The zero-order chi connectivity index (χ0) is 8.27. The van der Waals surface area contributed by atoms with Crippen molar-refractivity contribution in [1.82, 2.24) is 0 Å². The normalized spacial score (nSPS) is 8.82. The topological polar surface area (TPSA) is 13.6 Å². The van der Waals surface area contributed by atoms with Crippen LogP contribution in [0.15, 0.2) is 18.2 Å². The molecule has 0 bridgehead atoms. The molecule has 0 aliphatic carbocycles. The van der Waals surface area contributed by atoms with Crippen molar-refractivity contribution in [3.8, 4) is 5.75 Å². The Morgan fingerprint density at radius 2 is 2.27 bits per heavy atom. The fourth-order valence-electron chi connectivity index (χ4n) is 0.769. The van der Waals surface area contributed by atoms with Crippen LogP contribution in [0.4, 0.5) is 10.1 Å². The van der Waals surface area contributed by atoms with E-state index in [4.69, 9.17) is 11.3 Å². The van der Waals surface area contributed by atoms with Crippen molar-refractivity contribution in [3.63, 3.8) is 0 Å². The van der Waals surface area contributed by atoms with Gasteiger partial charge < -0.3 is 4.74 Å². The van der Waals surface area contributed by atoms with Gasteiger partial charge in [0, 0.05) is 0 Å². The lowest BCUT2D eigenvalue weighted by atomic mass is 10.3. The molecule has 0 spiro atoms. The fraction of sp³-hybridized carbons (Fsp3) is 0.125. The molecule has 0 atom stereocenters. The minimum absolute atomic E-state index is 0.0602. The zero-order valence-corrected chi connectivity index (χ0v) is 5.97. The third-order valence-corrected chi connectivity index (χ3v) is 1.28. The number of nitrogens with zero attached hydrogens (tertiary/aromatic N) is 1. The van der Waals surface area contributed by atoms with E-state index in [1.165, 1.54) is 19.2 Å². The summed E-state index contributed by atoms with van der Waals surface area (Å²) in [5.74, 6) is -0.264. The molecule has 0 amide bonds. The Bertz CT molecular complexity index is 303. The number of ether oxygens (including phenoxy) is 1. The molecule has 0 unspecified atom stereocenters. The average Bonchev–Trinajstić information content (AvgIpc) is 2.04. The number of para-hydroxylation sites is 1. The quantitative estimate of drug-likeness (QED) is 0.562. The zero-order valence-electron chi connectivity index (χ0n) is 5.97. The van der Waals surface area contributed by atoms with Gasteiger partial charge in [0.05, 0.1) is 13.7 Å². The highest BCUT2D eigenvalue weighted by Crippen LogP contribution is 2.29. The molecule has 0 fully saturated rings. The summed E-state index contributed by atoms with van der Waals surface area (Å²) in [5, 5.41) is 0. The second-order valence-electron chi connectivity index (χ2n) is 1.90. The van der Waals surface area contributed by atoms with Crippen LogP contribution in [-0.4, -0.2) is 7.11 Å². The van der Waals surface area contributed by atoms with Gasteiger partial charge in [-0.1, -0.05) is 6.07 Å². The lowest BCUT2D eigenvalue weighted by molar-refractivity contribution is 0.414. The fourth-order valence-corrected chi connectivity index (χ4v) is 0.769. The molecule has 56 valence electrons. The van der Waals surface area contributed by atoms with E-state index in [1.807, 2.05) is 0 Å². The summed E-state index contributed by atoms with van der Waals surface area (Å²) in [7, 11) is 1.41. The van der Waals surface area contributed by atoms with Crippen LogP contribution in [-0.2, 0) is 0 Å². The van der Waals surface area contributed by atoms with Crippen LogP contribution < -0.4 is 4.74 Å². The van der Waals surface area contributed by atoms with Gasteiger partial charge in [-0.15, -0.1) is 0 Å². The van der Waals surface area contributed by atoms with Crippen molar-refractivity contribution in [2.24, 2.45) is 0 Å². The van der Waals surface area contributed by atoms with E-state index in [9.17, 15) is 4.39 Å². The minimum atomic E-state index is -0.542. The molecule has 11 heavy (non-hydrogen) atoms. The predicted molar refractivity (Wildman–Crippen MR) is 39.2 cm³/mol. The van der Waals surface area contributed by atoms with Gasteiger partial charge in [-0.2, -0.15) is 0 Å². The van der Waals surface area contributed by atoms with E-state index in [0.717, 1.165) is 0 Å². The molecule has 0 heterocycles. The van der Waals surface area contributed by atoms with Gasteiger partial charge >= 0.3 is 0 Å². The number of hydrogen-bond donors (Lipinski definition) is 0. The smallest absolute Gasteiger partial charge is 0.262 e. The summed E-state index contributed by atoms with van der Waals surface area (Å²) >= 11 is 0. The number of rotatable bonds is 1. The van der Waals surface area contributed by atoms with Gasteiger partial charge in [0.1, 0.15) is 11.6 Å². The molecule has 0 radical (unpaired) electrons. The Hall–Kier alpha value is -1.56. The van der Waals surface area contributed by atoms with Crippen LogP contribution in [0.25, 0.3) is 4.85 Å². The van der Waals surface area contributed by atoms with E-state index in [2.05, 4.69) is 4.85 Å². The first-order valence-corrected chi connectivity index (χ1v) is 2.99. The molecular weight excluding hydrogens is 145 g/mol. The van der Waals surface area contributed by atoms with Gasteiger partial charge in [0.25, 0.3) is 5.69 Å². The van der Waals surface area contributed by atoms with Crippen LogP contribution in [0, 0.1) is 12.4 Å². The predicted octanol–water partition coefficient (Wildman–Crippen LogP) is 2.39. The molecule has 3 heteroatoms. The second-order valence-corrected chi connectivity index (χ2v) is 1.90. The van der Waals surface area contributed by atoms with Crippen molar-refractivity contribution in [2.45, 2.75) is 0 Å². The Labute approximate surface area is 64.0 Å². The van der Waals surface area contributed by atoms with Crippen LogP contribution in [0.3, 0.4) is 0 Å². The SMILES string of the molecule is [C-]#[N+]c1c(F)cccc1OC. The summed E-state index contributed by atoms with van der Waals surface area (Å²) in [6, 6.07) is 4.29. The van der Waals surface area contributed by atoms with E-state index < -0.39 is 5.82 Å². The average molecular weight is 151 g/mol. The highest BCUT2D eigenvalue weighted by molar-refractivity contribution is 5.58. The van der Waals surface area contributed by atoms with E-state index in [0.29, 0.717) is 0 Å². The van der Waals surface area contributed by atoms with Crippen LogP contribution in [0.2, 0.25) is 0 Å². The van der Waals surface area contributed by atoms with Crippen molar-refractivity contribution in [3.05, 3.63) is 35.4 Å². The van der Waals surface area contributed by atoms with Crippen LogP contribution >= 0.6 is 0 Å². The van der Waals surface area contributed by atoms with Gasteiger partial charge in [-0.25, -0.2) is 9.24 Å². The van der Waals surface area contributed by atoms with E-state index in [1.54, 1.807) is 6.07 Å². The molecule has 0 aliphatic heterocycles. The number of halogens is 1. The largest absolute Gasteiger partial charge is 0.508 e. The Morgan fingerprint density at radius 1 is 1.55 bits per heavy atom. The van der Waals surface area contributed by atoms with Crippen molar-refractivity contribution < 1.29 is 9.13 Å². The van der Waals surface area contributed by atoms with Gasteiger partial charge in [0.2, 0.25) is 0 Å². The van der Waals surface area contributed by atoms with Gasteiger partial charge in [-0.05, 0) is 12.1 Å². The maximum Gasteiger partial charge on any atom is 0.262 e. The number of hydrogen-bond acceptors (Lipinski definition) is 1. The molecule has 1 rings (SSSR count). The molecule has 2 nitrogen and oxygen atoms in total. The number of benzene rings is 1. The number of methoxy groups -OCH3 is 1. The molecule has 0 aliphatic rings. The first kappa shape index (κ1) is 7.55. The van der Waals surface area contributed by atoms with Gasteiger partial charge in [-0.3, -0.25) is 0 Å². The third-order valence-electron chi connectivity index (χ3n) is 1.28. The molecule has 1 aromatic carbocycles. The first-order valence-electron chi connectivity index (χ1n) is 2.99. The molecule has 0 N–H and O–H groups in total. The molecule has 1 aromatic rings. The van der Waals surface area contributed by atoms with E-state index >= 15 is 0 Å². The summed E-state index contributed by atoms with van der Waals surface area (Å²) in [6.07, 6.45) is 0. The molecule has 0 aromatic heterocycles. The highest BCUT2D eigenvalue weighted by Gasteiger charge is 2.06. The van der Waals surface area contributed by atoms with Crippen molar-refractivity contribution in [2.75, 3.05) is 7.11 Å².